The van der Waals surface area contributed by atoms with Gasteiger partial charge in [-0.3, -0.25) is 0 Å². The van der Waals surface area contributed by atoms with Gasteiger partial charge in [0.05, 0.1) is 12.1 Å². The maximum atomic E-state index is 5.94. The third kappa shape index (κ3) is 3.29. The maximum absolute atomic E-state index is 5.94. The zero-order chi connectivity index (χ0) is 19.1. The van der Waals surface area contributed by atoms with E-state index in [2.05, 4.69) is 59.4 Å². The maximum Gasteiger partial charge on any atom is 0.242 e. The van der Waals surface area contributed by atoms with Gasteiger partial charge in [0.1, 0.15) is 5.03 Å². The van der Waals surface area contributed by atoms with Crippen LogP contribution >= 0.6 is 23.4 Å². The number of benzene rings is 1. The summed E-state index contributed by atoms with van der Waals surface area (Å²) in [5, 5.41) is 17.0. The molecule has 140 valence electrons. The summed E-state index contributed by atoms with van der Waals surface area (Å²) in [6, 6.07) is 12.5. The second kappa shape index (κ2) is 7.03. The van der Waals surface area contributed by atoms with Crippen molar-refractivity contribution >= 4 is 23.4 Å². The molecule has 1 saturated carbocycles. The lowest BCUT2D eigenvalue weighted by atomic mass is 10.1. The molecule has 0 aliphatic heterocycles. The van der Waals surface area contributed by atoms with Gasteiger partial charge in [-0.1, -0.05) is 41.1 Å². The van der Waals surface area contributed by atoms with Crippen molar-refractivity contribution in [1.82, 2.24) is 30.6 Å². The molecule has 0 saturated heterocycles. The van der Waals surface area contributed by atoms with E-state index in [-0.39, 0.29) is 0 Å². The predicted octanol–water partition coefficient (Wildman–Crippen LogP) is 3.49. The fourth-order valence-corrected chi connectivity index (χ4v) is 4.41. The molecule has 9 heteroatoms. The highest BCUT2D eigenvalue weighted by atomic mass is 35.5. The van der Waals surface area contributed by atoms with Gasteiger partial charge in [-0.25, -0.2) is 14.5 Å². The Morgan fingerprint density at radius 1 is 1.14 bits per heavy atom. The fraction of sp³-hybridized carbons (Fsp3) is 0.211. The molecule has 3 aromatic heterocycles. The summed E-state index contributed by atoms with van der Waals surface area (Å²) in [5.74, 6) is 1.65. The number of hydrogen-bond donors (Lipinski definition) is 2. The third-order valence-corrected chi connectivity index (χ3v) is 6.31. The first-order valence-corrected chi connectivity index (χ1v) is 10.1. The minimum atomic E-state index is 0.370. The Balaban J connectivity index is 1.37. The predicted molar refractivity (Wildman–Crippen MR) is 105 cm³/mol. The molecule has 0 radical (unpaired) electrons. The minimum Gasteiger partial charge on any atom is -0.248 e. The average Bonchev–Trinajstić information content (AvgIpc) is 3.15. The van der Waals surface area contributed by atoms with Crippen LogP contribution in [0.2, 0.25) is 5.02 Å². The van der Waals surface area contributed by atoms with Gasteiger partial charge in [-0.2, -0.15) is 5.21 Å². The van der Waals surface area contributed by atoms with E-state index in [9.17, 15) is 0 Å². The number of rotatable bonds is 5. The standard InChI is InChI=1S/C19H16ClN7S/c1-27-10-22-17(19(27)28-16-7-6-13(20)9-21-16)12-4-2-11(3-5-12)14-8-15(14)18-23-25-26-24-18/h2-7,9-10,14-15H,8H2,1H3,(H,23,24,25,26)/p+1/t14-,15+/m1/s1. The van der Waals surface area contributed by atoms with Gasteiger partial charge in [0.25, 0.3) is 0 Å². The van der Waals surface area contributed by atoms with Crippen molar-refractivity contribution in [2.45, 2.75) is 28.3 Å². The summed E-state index contributed by atoms with van der Waals surface area (Å²) in [6.45, 7) is 0. The Morgan fingerprint density at radius 3 is 2.71 bits per heavy atom. The van der Waals surface area contributed by atoms with Crippen LogP contribution in [0.3, 0.4) is 0 Å². The summed E-state index contributed by atoms with van der Waals surface area (Å²) in [4.78, 5) is 7.76. The van der Waals surface area contributed by atoms with E-state index >= 15 is 0 Å². The molecule has 2 N–H and O–H groups in total. The Kier molecular flexibility index (Phi) is 4.37. The first-order chi connectivity index (χ1) is 13.7. The van der Waals surface area contributed by atoms with Crippen molar-refractivity contribution in [3.8, 4) is 11.3 Å². The lowest BCUT2D eigenvalue weighted by Gasteiger charge is -2.03. The van der Waals surface area contributed by atoms with Crippen molar-refractivity contribution in [2.24, 2.45) is 7.05 Å². The molecule has 3 heterocycles. The van der Waals surface area contributed by atoms with E-state index in [0.29, 0.717) is 16.9 Å². The number of halogens is 1. The number of imidazole rings is 1. The van der Waals surface area contributed by atoms with E-state index in [1.54, 1.807) is 18.0 Å². The van der Waals surface area contributed by atoms with Crippen molar-refractivity contribution in [3.63, 3.8) is 0 Å². The lowest BCUT2D eigenvalue weighted by molar-refractivity contribution is -0.706. The molecule has 5 rings (SSSR count). The number of pyridine rings is 1. The fourth-order valence-electron chi connectivity index (χ4n) is 3.38. The molecule has 7 nitrogen and oxygen atoms in total. The molecule has 2 atom stereocenters. The molecule has 0 unspecified atom stereocenters. The van der Waals surface area contributed by atoms with Gasteiger partial charge < -0.3 is 0 Å². The largest absolute Gasteiger partial charge is 0.248 e. The molecular weight excluding hydrogens is 394 g/mol. The third-order valence-electron chi connectivity index (χ3n) is 4.95. The van der Waals surface area contributed by atoms with Crippen molar-refractivity contribution < 1.29 is 4.57 Å². The minimum absolute atomic E-state index is 0.370. The van der Waals surface area contributed by atoms with Crippen LogP contribution in [0.1, 0.15) is 29.6 Å². The molecule has 1 aliphatic rings. The number of nitrogens with zero attached hydrogens (tertiary/aromatic N) is 5. The van der Waals surface area contributed by atoms with Gasteiger partial charge in [0.15, 0.2) is 11.5 Å². The second-order valence-corrected chi connectivity index (χ2v) is 8.27. The SMILES string of the molecule is C[n+]1c[nH]c(-c2ccc([C@H]3C[C@@H]3c3nn[nH]n3)cc2)c1Sc1ccc(Cl)cn1. The summed E-state index contributed by atoms with van der Waals surface area (Å²) in [5.41, 5.74) is 3.52. The zero-order valence-corrected chi connectivity index (χ0v) is 16.6. The zero-order valence-electron chi connectivity index (χ0n) is 15.0. The number of nitrogens with one attached hydrogen (secondary N) is 2. The second-order valence-electron chi connectivity index (χ2n) is 6.82. The van der Waals surface area contributed by atoms with Crippen molar-refractivity contribution in [3.05, 3.63) is 65.3 Å². The van der Waals surface area contributed by atoms with Gasteiger partial charge >= 0.3 is 0 Å². The molecule has 1 fully saturated rings. The van der Waals surface area contributed by atoms with Crippen LogP contribution in [-0.4, -0.2) is 30.6 Å². The summed E-state index contributed by atoms with van der Waals surface area (Å²) in [6.07, 6.45) is 4.69. The van der Waals surface area contributed by atoms with Crippen LogP contribution < -0.4 is 4.57 Å². The number of H-pyrrole nitrogens is 2. The first kappa shape index (κ1) is 17.4. The van der Waals surface area contributed by atoms with Crippen LogP contribution in [0, 0.1) is 0 Å². The van der Waals surface area contributed by atoms with Gasteiger partial charge in [-0.15, -0.1) is 10.2 Å². The van der Waals surface area contributed by atoms with E-state index in [4.69, 9.17) is 11.6 Å². The number of hydrogen-bond acceptors (Lipinski definition) is 5. The number of tetrazole rings is 1. The average molecular weight is 411 g/mol. The number of aromatic nitrogens is 7. The molecule has 28 heavy (non-hydrogen) atoms. The normalized spacial score (nSPS) is 18.4. The smallest absolute Gasteiger partial charge is 0.242 e. The summed E-state index contributed by atoms with van der Waals surface area (Å²) < 4.78 is 2.07. The molecule has 0 spiro atoms. The van der Waals surface area contributed by atoms with Gasteiger partial charge in [-0.05, 0) is 41.8 Å². The Morgan fingerprint density at radius 2 is 2.00 bits per heavy atom. The first-order valence-electron chi connectivity index (χ1n) is 8.89. The molecule has 1 aromatic carbocycles. The van der Waals surface area contributed by atoms with Crippen LogP contribution in [0.5, 0.6) is 0 Å². The monoisotopic (exact) mass is 410 g/mol. The van der Waals surface area contributed by atoms with E-state index in [1.165, 1.54) is 5.56 Å². The van der Waals surface area contributed by atoms with Crippen LogP contribution in [0.15, 0.2) is 59.0 Å². The quantitative estimate of drug-likeness (QED) is 0.492. The summed E-state index contributed by atoms with van der Waals surface area (Å²) in [7, 11) is 2.02. The van der Waals surface area contributed by atoms with Gasteiger partial charge in [0.2, 0.25) is 11.4 Å². The highest BCUT2D eigenvalue weighted by molar-refractivity contribution is 7.99. The lowest BCUT2D eigenvalue weighted by Crippen LogP contribution is -2.27. The molecular formula is C19H17ClN7S+. The van der Waals surface area contributed by atoms with E-state index in [1.807, 2.05) is 25.5 Å². The van der Waals surface area contributed by atoms with Crippen molar-refractivity contribution in [1.29, 1.82) is 0 Å². The van der Waals surface area contributed by atoms with E-state index in [0.717, 1.165) is 33.6 Å². The van der Waals surface area contributed by atoms with Crippen LogP contribution in [0.4, 0.5) is 0 Å². The Hall–Kier alpha value is -2.71. The number of aromatic amines is 2. The Labute approximate surface area is 170 Å². The van der Waals surface area contributed by atoms with Crippen LogP contribution in [0.25, 0.3) is 11.3 Å². The van der Waals surface area contributed by atoms with Crippen molar-refractivity contribution in [2.75, 3.05) is 0 Å². The van der Waals surface area contributed by atoms with Crippen LogP contribution in [-0.2, 0) is 7.05 Å². The molecule has 0 bridgehead atoms. The van der Waals surface area contributed by atoms with Gasteiger partial charge in [0, 0.05) is 17.7 Å². The highest BCUT2D eigenvalue weighted by Crippen LogP contribution is 2.53. The number of aryl methyl sites for hydroxylation is 1. The molecule has 4 aromatic rings. The molecule has 0 amide bonds. The molecule has 1 aliphatic carbocycles. The summed E-state index contributed by atoms with van der Waals surface area (Å²) >= 11 is 7.55. The van der Waals surface area contributed by atoms with E-state index < -0.39 is 0 Å². The topological polar surface area (TPSA) is 87.0 Å². The Bertz CT molecular complexity index is 1090. The highest BCUT2D eigenvalue weighted by Gasteiger charge is 2.42.